The zero-order valence-corrected chi connectivity index (χ0v) is 11.1. The SMILES string of the molecule is CC(C)(C)C(N)C(CO)Sc1cccs1. The molecule has 15 heavy (non-hydrogen) atoms. The van der Waals surface area contributed by atoms with Crippen LogP contribution in [0.3, 0.4) is 0 Å². The van der Waals surface area contributed by atoms with Gasteiger partial charge in [0.2, 0.25) is 0 Å². The van der Waals surface area contributed by atoms with E-state index in [1.165, 1.54) is 4.21 Å². The van der Waals surface area contributed by atoms with Gasteiger partial charge in [0.25, 0.3) is 0 Å². The minimum absolute atomic E-state index is 0.00500. The van der Waals surface area contributed by atoms with Gasteiger partial charge in [0.1, 0.15) is 0 Å². The summed E-state index contributed by atoms with van der Waals surface area (Å²) in [6, 6.07) is 4.08. The minimum atomic E-state index is -0.00500. The molecule has 2 nitrogen and oxygen atoms in total. The van der Waals surface area contributed by atoms with E-state index in [1.54, 1.807) is 23.1 Å². The summed E-state index contributed by atoms with van der Waals surface area (Å²) >= 11 is 3.36. The highest BCUT2D eigenvalue weighted by atomic mass is 32.2. The molecular weight excluding hydrogens is 226 g/mol. The second kappa shape index (κ2) is 5.34. The topological polar surface area (TPSA) is 46.2 Å². The van der Waals surface area contributed by atoms with Crippen LogP contribution in [0.25, 0.3) is 0 Å². The lowest BCUT2D eigenvalue weighted by Gasteiger charge is -2.32. The molecule has 1 aromatic heterocycles. The Bertz CT molecular complexity index is 279. The van der Waals surface area contributed by atoms with Crippen molar-refractivity contribution in [3.63, 3.8) is 0 Å². The summed E-state index contributed by atoms with van der Waals surface area (Å²) in [6.07, 6.45) is 0. The summed E-state index contributed by atoms with van der Waals surface area (Å²) in [5, 5.41) is 11.5. The van der Waals surface area contributed by atoms with Crippen LogP contribution in [0.2, 0.25) is 0 Å². The maximum atomic E-state index is 9.36. The molecule has 0 fully saturated rings. The molecular formula is C11H19NOS2. The van der Waals surface area contributed by atoms with Gasteiger partial charge in [0, 0.05) is 11.3 Å². The number of thiophene rings is 1. The van der Waals surface area contributed by atoms with E-state index in [1.807, 2.05) is 11.4 Å². The van der Waals surface area contributed by atoms with Crippen LogP contribution >= 0.6 is 23.1 Å². The van der Waals surface area contributed by atoms with Gasteiger partial charge in [0.15, 0.2) is 0 Å². The molecule has 0 aliphatic carbocycles. The van der Waals surface area contributed by atoms with Crippen LogP contribution in [0.4, 0.5) is 0 Å². The third kappa shape index (κ3) is 3.79. The molecule has 86 valence electrons. The molecule has 0 saturated heterocycles. The molecule has 1 heterocycles. The number of rotatable bonds is 4. The average Bonchev–Trinajstić information content (AvgIpc) is 2.64. The van der Waals surface area contributed by atoms with Crippen molar-refractivity contribution in [3.05, 3.63) is 17.5 Å². The van der Waals surface area contributed by atoms with Crippen LogP contribution in [-0.4, -0.2) is 23.0 Å². The fraction of sp³-hybridized carbons (Fsp3) is 0.636. The first-order valence-corrected chi connectivity index (χ1v) is 6.77. The van der Waals surface area contributed by atoms with Crippen LogP contribution in [0.5, 0.6) is 0 Å². The van der Waals surface area contributed by atoms with Crippen LogP contribution < -0.4 is 5.73 Å². The monoisotopic (exact) mass is 245 g/mol. The van der Waals surface area contributed by atoms with E-state index in [-0.39, 0.29) is 23.3 Å². The Balaban J connectivity index is 2.64. The fourth-order valence-corrected chi connectivity index (χ4v) is 3.55. The number of hydrogen-bond donors (Lipinski definition) is 2. The Hall–Kier alpha value is -0.0300. The van der Waals surface area contributed by atoms with Gasteiger partial charge in [-0.1, -0.05) is 26.8 Å². The van der Waals surface area contributed by atoms with Gasteiger partial charge in [-0.3, -0.25) is 0 Å². The summed E-state index contributed by atoms with van der Waals surface area (Å²) in [5.74, 6) is 0. The van der Waals surface area contributed by atoms with Crippen LogP contribution in [0.1, 0.15) is 20.8 Å². The molecule has 0 saturated carbocycles. The molecule has 0 aromatic carbocycles. The van der Waals surface area contributed by atoms with Crippen molar-refractivity contribution in [2.24, 2.45) is 11.1 Å². The van der Waals surface area contributed by atoms with Crippen molar-refractivity contribution in [1.29, 1.82) is 0 Å². The molecule has 1 aromatic rings. The van der Waals surface area contributed by atoms with Gasteiger partial charge in [-0.05, 0) is 16.9 Å². The van der Waals surface area contributed by atoms with E-state index >= 15 is 0 Å². The van der Waals surface area contributed by atoms with Gasteiger partial charge in [0.05, 0.1) is 10.8 Å². The highest BCUT2D eigenvalue weighted by molar-refractivity contribution is 8.01. The predicted molar refractivity (Wildman–Crippen MR) is 68.5 cm³/mol. The molecule has 0 radical (unpaired) electrons. The Labute approximate surface area is 99.9 Å². The lowest BCUT2D eigenvalue weighted by molar-refractivity contribution is 0.233. The van der Waals surface area contributed by atoms with E-state index < -0.39 is 0 Å². The van der Waals surface area contributed by atoms with E-state index in [0.717, 1.165) is 0 Å². The normalized spacial score (nSPS) is 16.3. The molecule has 0 amide bonds. The average molecular weight is 245 g/mol. The molecule has 0 aliphatic rings. The number of thioether (sulfide) groups is 1. The number of hydrogen-bond acceptors (Lipinski definition) is 4. The van der Waals surface area contributed by atoms with Crippen molar-refractivity contribution >= 4 is 23.1 Å². The van der Waals surface area contributed by atoms with E-state index in [0.29, 0.717) is 0 Å². The summed E-state index contributed by atoms with van der Waals surface area (Å²) in [7, 11) is 0. The first-order chi connectivity index (χ1) is 6.95. The molecule has 0 spiro atoms. The van der Waals surface area contributed by atoms with E-state index in [4.69, 9.17) is 5.73 Å². The van der Waals surface area contributed by atoms with Crippen molar-refractivity contribution in [2.45, 2.75) is 36.3 Å². The second-order valence-electron chi connectivity index (χ2n) is 4.66. The van der Waals surface area contributed by atoms with Gasteiger partial charge in [-0.15, -0.1) is 23.1 Å². The van der Waals surface area contributed by atoms with Gasteiger partial charge in [-0.2, -0.15) is 0 Å². The Morgan fingerprint density at radius 3 is 2.60 bits per heavy atom. The summed E-state index contributed by atoms with van der Waals surface area (Å²) in [4.78, 5) is 0. The van der Waals surface area contributed by atoms with Crippen molar-refractivity contribution in [3.8, 4) is 0 Å². The molecule has 0 aliphatic heterocycles. The second-order valence-corrected chi connectivity index (χ2v) is 7.15. The molecule has 0 bridgehead atoms. The fourth-order valence-electron chi connectivity index (χ4n) is 1.26. The van der Waals surface area contributed by atoms with Gasteiger partial charge in [-0.25, -0.2) is 0 Å². The van der Waals surface area contributed by atoms with Crippen molar-refractivity contribution < 1.29 is 5.11 Å². The standard InChI is InChI=1S/C11H19NOS2/c1-11(2,3)10(12)8(7-13)15-9-5-4-6-14-9/h4-6,8,10,13H,7,12H2,1-3H3. The van der Waals surface area contributed by atoms with Gasteiger partial charge >= 0.3 is 0 Å². The largest absolute Gasteiger partial charge is 0.395 e. The summed E-state index contributed by atoms with van der Waals surface area (Å²) in [5.41, 5.74) is 6.17. The zero-order chi connectivity index (χ0) is 11.5. The predicted octanol–water partition coefficient (Wildman–Crippen LogP) is 2.57. The molecule has 1 rings (SSSR count). The van der Waals surface area contributed by atoms with Crippen LogP contribution in [-0.2, 0) is 0 Å². The van der Waals surface area contributed by atoms with Crippen LogP contribution in [0, 0.1) is 5.41 Å². The van der Waals surface area contributed by atoms with Crippen molar-refractivity contribution in [1.82, 2.24) is 0 Å². The smallest absolute Gasteiger partial charge is 0.0602 e. The quantitative estimate of drug-likeness (QED) is 0.802. The molecule has 3 N–H and O–H groups in total. The zero-order valence-electron chi connectivity index (χ0n) is 9.43. The maximum Gasteiger partial charge on any atom is 0.0602 e. The molecule has 4 heteroatoms. The van der Waals surface area contributed by atoms with E-state index in [2.05, 4.69) is 26.8 Å². The maximum absolute atomic E-state index is 9.36. The number of nitrogens with two attached hydrogens (primary N) is 1. The first kappa shape index (κ1) is 13.0. The third-order valence-electron chi connectivity index (χ3n) is 2.34. The Morgan fingerprint density at radius 2 is 2.20 bits per heavy atom. The molecule has 2 atom stereocenters. The minimum Gasteiger partial charge on any atom is -0.395 e. The van der Waals surface area contributed by atoms with Gasteiger partial charge < -0.3 is 10.8 Å². The Kier molecular flexibility index (Phi) is 4.64. The lowest BCUT2D eigenvalue weighted by atomic mass is 9.85. The first-order valence-electron chi connectivity index (χ1n) is 5.01. The third-order valence-corrected chi connectivity index (χ3v) is 4.70. The van der Waals surface area contributed by atoms with E-state index in [9.17, 15) is 5.11 Å². The summed E-state index contributed by atoms with van der Waals surface area (Å²) < 4.78 is 1.22. The lowest BCUT2D eigenvalue weighted by Crippen LogP contribution is -2.45. The highest BCUT2D eigenvalue weighted by Crippen LogP contribution is 2.33. The highest BCUT2D eigenvalue weighted by Gasteiger charge is 2.29. The van der Waals surface area contributed by atoms with Crippen LogP contribution in [0.15, 0.2) is 21.7 Å². The Morgan fingerprint density at radius 1 is 1.53 bits per heavy atom. The summed E-state index contributed by atoms with van der Waals surface area (Å²) in [6.45, 7) is 6.45. The number of aliphatic hydroxyl groups excluding tert-OH is 1. The molecule has 2 unspecified atom stereocenters. The van der Waals surface area contributed by atoms with Crippen molar-refractivity contribution in [2.75, 3.05) is 6.61 Å². The number of aliphatic hydroxyl groups is 1.